The summed E-state index contributed by atoms with van der Waals surface area (Å²) in [4.78, 5) is 25.7. The Balaban J connectivity index is 2.30. The van der Waals surface area contributed by atoms with Crippen LogP contribution in [-0.4, -0.2) is 31.8 Å². The van der Waals surface area contributed by atoms with E-state index in [0.29, 0.717) is 5.69 Å². The number of amides is 3. The molecule has 20 heavy (non-hydrogen) atoms. The molecule has 0 aromatic heterocycles. The van der Waals surface area contributed by atoms with Gasteiger partial charge in [0, 0.05) is 6.21 Å². The van der Waals surface area contributed by atoms with E-state index in [1.54, 1.807) is 19.1 Å². The standard InChI is InChI=1S/C12H13N3O4S/c1-7-3-4-9(8(2)5-7)15-20(18,19)10-6-13-12(17)14-11(10)16/h3-6,10,15H,1-2H3,(H,14,16,17). The molecule has 2 N–H and O–H groups in total. The molecule has 0 radical (unpaired) electrons. The number of benzene rings is 1. The lowest BCUT2D eigenvalue weighted by Gasteiger charge is -2.17. The van der Waals surface area contributed by atoms with Crippen molar-refractivity contribution in [3.8, 4) is 0 Å². The highest BCUT2D eigenvalue weighted by atomic mass is 32.2. The van der Waals surface area contributed by atoms with Crippen LogP contribution in [0.1, 0.15) is 11.1 Å². The van der Waals surface area contributed by atoms with Crippen LogP contribution in [0.4, 0.5) is 10.5 Å². The van der Waals surface area contributed by atoms with E-state index in [9.17, 15) is 18.0 Å². The SMILES string of the molecule is Cc1ccc(NS(=O)(=O)C2C=NC(=O)NC2=O)c(C)c1. The quantitative estimate of drug-likeness (QED) is 0.857. The minimum absolute atomic E-state index is 0.383. The maximum absolute atomic E-state index is 12.1. The smallest absolute Gasteiger partial charge is 0.282 e. The summed E-state index contributed by atoms with van der Waals surface area (Å²) in [5.74, 6) is -0.915. The molecule has 1 aromatic carbocycles. The lowest BCUT2D eigenvalue weighted by atomic mass is 10.1. The highest BCUT2D eigenvalue weighted by molar-refractivity contribution is 7.94. The molecule has 8 heteroatoms. The Hall–Kier alpha value is -2.22. The van der Waals surface area contributed by atoms with Gasteiger partial charge in [-0.15, -0.1) is 0 Å². The zero-order chi connectivity index (χ0) is 14.9. The van der Waals surface area contributed by atoms with E-state index in [1.807, 2.05) is 18.3 Å². The second-order valence-electron chi connectivity index (χ2n) is 4.46. The Kier molecular flexibility index (Phi) is 3.58. The normalized spacial score (nSPS) is 18.8. The first-order valence-corrected chi connectivity index (χ1v) is 7.32. The molecule has 106 valence electrons. The lowest BCUT2D eigenvalue weighted by molar-refractivity contribution is -0.118. The average molecular weight is 295 g/mol. The molecule has 0 fully saturated rings. The zero-order valence-corrected chi connectivity index (χ0v) is 11.7. The van der Waals surface area contributed by atoms with E-state index in [4.69, 9.17) is 0 Å². The molecule has 1 heterocycles. The molecule has 0 saturated carbocycles. The number of urea groups is 1. The second-order valence-corrected chi connectivity index (χ2v) is 6.26. The molecule has 0 spiro atoms. The van der Waals surface area contributed by atoms with Gasteiger partial charge in [0.25, 0.3) is 5.91 Å². The minimum Gasteiger partial charge on any atom is -0.282 e. The third-order valence-electron chi connectivity index (χ3n) is 2.78. The first kappa shape index (κ1) is 14.2. The average Bonchev–Trinajstić information content (AvgIpc) is 2.32. The largest absolute Gasteiger partial charge is 0.347 e. The van der Waals surface area contributed by atoms with Gasteiger partial charge in [-0.3, -0.25) is 14.8 Å². The Morgan fingerprint density at radius 2 is 1.95 bits per heavy atom. The van der Waals surface area contributed by atoms with E-state index in [1.165, 1.54) is 0 Å². The van der Waals surface area contributed by atoms with Gasteiger partial charge in [-0.05, 0) is 25.5 Å². The van der Waals surface area contributed by atoms with Crippen molar-refractivity contribution in [1.29, 1.82) is 0 Å². The monoisotopic (exact) mass is 295 g/mol. The molecule has 3 amide bonds. The number of aryl methyl sites for hydroxylation is 2. The van der Waals surface area contributed by atoms with Gasteiger partial charge in [0.15, 0.2) is 5.25 Å². The Morgan fingerprint density at radius 1 is 1.25 bits per heavy atom. The van der Waals surface area contributed by atoms with Gasteiger partial charge in [0.1, 0.15) is 0 Å². The van der Waals surface area contributed by atoms with Gasteiger partial charge < -0.3 is 0 Å². The van der Waals surface area contributed by atoms with E-state index in [2.05, 4.69) is 9.71 Å². The van der Waals surface area contributed by atoms with Crippen molar-refractivity contribution < 1.29 is 18.0 Å². The van der Waals surface area contributed by atoms with E-state index >= 15 is 0 Å². The number of rotatable bonds is 3. The molecule has 7 nitrogen and oxygen atoms in total. The first-order chi connectivity index (χ1) is 9.29. The fraction of sp³-hybridized carbons (Fsp3) is 0.250. The van der Waals surface area contributed by atoms with Gasteiger partial charge in [-0.1, -0.05) is 17.7 Å². The Bertz CT molecular complexity index is 709. The van der Waals surface area contributed by atoms with Crippen LogP contribution in [0.25, 0.3) is 0 Å². The van der Waals surface area contributed by atoms with Crippen LogP contribution >= 0.6 is 0 Å². The summed E-state index contributed by atoms with van der Waals surface area (Å²) in [6.45, 7) is 3.64. The Labute approximate surface area is 116 Å². The summed E-state index contributed by atoms with van der Waals surface area (Å²) in [6.07, 6.45) is 0.826. The summed E-state index contributed by atoms with van der Waals surface area (Å²) in [5, 5.41) is 0.323. The number of anilines is 1. The second kappa shape index (κ2) is 5.04. The van der Waals surface area contributed by atoms with Crippen molar-refractivity contribution in [2.24, 2.45) is 4.99 Å². The van der Waals surface area contributed by atoms with Gasteiger partial charge in [0.2, 0.25) is 10.0 Å². The number of nitrogens with one attached hydrogen (secondary N) is 2. The van der Waals surface area contributed by atoms with E-state index in [0.717, 1.165) is 17.3 Å². The molecule has 1 unspecified atom stereocenters. The molecule has 2 rings (SSSR count). The topological polar surface area (TPSA) is 105 Å². The molecule has 1 aromatic rings. The molecule has 0 bridgehead atoms. The Morgan fingerprint density at radius 3 is 2.55 bits per heavy atom. The number of hydrogen-bond donors (Lipinski definition) is 2. The number of sulfonamides is 1. The van der Waals surface area contributed by atoms with E-state index < -0.39 is 27.2 Å². The number of nitrogens with zero attached hydrogens (tertiary/aromatic N) is 1. The molecule has 1 aliphatic heterocycles. The van der Waals surface area contributed by atoms with Crippen molar-refractivity contribution >= 4 is 33.9 Å². The third-order valence-corrected chi connectivity index (χ3v) is 4.29. The molecule has 1 aliphatic rings. The maximum Gasteiger partial charge on any atom is 0.347 e. The minimum atomic E-state index is -4.01. The summed E-state index contributed by atoms with van der Waals surface area (Å²) in [7, 11) is -4.01. The highest BCUT2D eigenvalue weighted by Gasteiger charge is 2.35. The highest BCUT2D eigenvalue weighted by Crippen LogP contribution is 2.19. The van der Waals surface area contributed by atoms with Gasteiger partial charge in [-0.2, -0.15) is 0 Å². The van der Waals surface area contributed by atoms with Gasteiger partial charge in [-0.25, -0.2) is 18.2 Å². The number of aliphatic imine (C=N–C) groups is 1. The molecular formula is C12H13N3O4S. The molecule has 1 atom stereocenters. The van der Waals surface area contributed by atoms with Crippen molar-refractivity contribution in [1.82, 2.24) is 5.32 Å². The van der Waals surface area contributed by atoms with Gasteiger partial charge in [0.05, 0.1) is 5.69 Å². The molecule has 0 saturated heterocycles. The van der Waals surface area contributed by atoms with Crippen molar-refractivity contribution in [2.45, 2.75) is 19.1 Å². The fourth-order valence-electron chi connectivity index (χ4n) is 1.78. The van der Waals surface area contributed by atoms with Crippen LogP contribution in [0, 0.1) is 13.8 Å². The summed E-state index contributed by atoms with van der Waals surface area (Å²) in [5.41, 5.74) is 2.11. The number of imide groups is 1. The van der Waals surface area contributed by atoms with Crippen LogP contribution < -0.4 is 10.0 Å². The van der Waals surface area contributed by atoms with Crippen molar-refractivity contribution in [3.63, 3.8) is 0 Å². The van der Waals surface area contributed by atoms with Crippen molar-refractivity contribution in [2.75, 3.05) is 4.72 Å². The number of hydrogen-bond acceptors (Lipinski definition) is 4. The van der Waals surface area contributed by atoms with Crippen LogP contribution in [0.5, 0.6) is 0 Å². The van der Waals surface area contributed by atoms with Crippen LogP contribution in [-0.2, 0) is 14.8 Å². The number of carbonyl (C=O) groups excluding carboxylic acids is 2. The predicted octanol–water partition coefficient (Wildman–Crippen LogP) is 0.734. The van der Waals surface area contributed by atoms with Crippen LogP contribution in [0.2, 0.25) is 0 Å². The zero-order valence-electron chi connectivity index (χ0n) is 10.9. The molecule has 0 aliphatic carbocycles. The summed E-state index contributed by atoms with van der Waals surface area (Å²) in [6, 6.07) is 4.32. The summed E-state index contributed by atoms with van der Waals surface area (Å²) >= 11 is 0. The first-order valence-electron chi connectivity index (χ1n) is 5.77. The predicted molar refractivity (Wildman–Crippen MR) is 74.3 cm³/mol. The van der Waals surface area contributed by atoms with Crippen LogP contribution in [0.15, 0.2) is 23.2 Å². The van der Waals surface area contributed by atoms with Crippen molar-refractivity contribution in [3.05, 3.63) is 29.3 Å². The fourth-order valence-corrected chi connectivity index (χ4v) is 3.00. The maximum atomic E-state index is 12.1. The van der Waals surface area contributed by atoms with Gasteiger partial charge >= 0.3 is 6.03 Å². The summed E-state index contributed by atoms with van der Waals surface area (Å²) < 4.78 is 26.6. The molecular weight excluding hydrogens is 282 g/mol. The lowest BCUT2D eigenvalue weighted by Crippen LogP contribution is -2.48. The van der Waals surface area contributed by atoms with Crippen LogP contribution in [0.3, 0.4) is 0 Å². The number of carbonyl (C=O) groups is 2. The third kappa shape index (κ3) is 2.85. The van der Waals surface area contributed by atoms with E-state index in [-0.39, 0.29) is 0 Å².